The first-order chi connectivity index (χ1) is 9.84. The molecule has 0 unspecified atom stereocenters. The van der Waals surface area contributed by atoms with E-state index in [0.717, 1.165) is 11.0 Å². The maximum absolute atomic E-state index is 12.6. The summed E-state index contributed by atoms with van der Waals surface area (Å²) < 4.78 is 3.00. The van der Waals surface area contributed by atoms with Gasteiger partial charge in [-0.05, 0) is 12.1 Å². The molecular weight excluding hydrogens is 256 g/mol. The normalized spacial score (nSPS) is 11.2. The van der Waals surface area contributed by atoms with Crippen LogP contribution in [-0.2, 0) is 0 Å². The predicted octanol–water partition coefficient (Wildman–Crippen LogP) is 1.69. The number of hydrogen-bond acceptors (Lipinski definition) is 5. The van der Waals surface area contributed by atoms with E-state index in [0.29, 0.717) is 11.0 Å². The lowest BCUT2D eigenvalue weighted by Crippen LogP contribution is -2.17. The highest BCUT2D eigenvalue weighted by molar-refractivity contribution is 5.95. The average Bonchev–Trinajstić information content (AvgIpc) is 3.11. The fourth-order valence-electron chi connectivity index (χ4n) is 2.19. The van der Waals surface area contributed by atoms with Gasteiger partial charge in [0.2, 0.25) is 0 Å². The number of aromatic nitrogens is 6. The van der Waals surface area contributed by atoms with Crippen molar-refractivity contribution in [1.82, 2.24) is 29.1 Å². The molecule has 7 nitrogen and oxygen atoms in total. The molecule has 0 spiro atoms. The fourth-order valence-corrected chi connectivity index (χ4v) is 2.19. The molecular formula is C13H8N6O. The lowest BCUT2D eigenvalue weighted by molar-refractivity contribution is 0.245. The van der Waals surface area contributed by atoms with E-state index in [4.69, 9.17) is 0 Å². The van der Waals surface area contributed by atoms with E-state index in [9.17, 15) is 4.79 Å². The van der Waals surface area contributed by atoms with E-state index in [-0.39, 0.29) is 6.03 Å². The SMILES string of the molecule is O=C(n1ccc2ncncc21)n1ccc2ncncc21. The lowest BCUT2D eigenvalue weighted by atomic mass is 10.4. The molecule has 0 saturated heterocycles. The van der Waals surface area contributed by atoms with Crippen LogP contribution >= 0.6 is 0 Å². The van der Waals surface area contributed by atoms with Gasteiger partial charge in [0, 0.05) is 12.4 Å². The van der Waals surface area contributed by atoms with Crippen molar-refractivity contribution in [2.75, 3.05) is 0 Å². The monoisotopic (exact) mass is 264 g/mol. The van der Waals surface area contributed by atoms with Gasteiger partial charge in [0.1, 0.15) is 12.7 Å². The standard InChI is InChI=1S/C13H8N6O/c20-13(18-3-1-9-11(18)5-14-7-16-9)19-4-2-10-12(19)6-15-8-17-10/h1-8H. The second kappa shape index (κ2) is 3.95. The van der Waals surface area contributed by atoms with Crippen LogP contribution in [0.4, 0.5) is 4.79 Å². The predicted molar refractivity (Wildman–Crippen MR) is 71.2 cm³/mol. The van der Waals surface area contributed by atoms with Gasteiger partial charge < -0.3 is 0 Å². The zero-order valence-corrected chi connectivity index (χ0v) is 10.2. The molecule has 4 rings (SSSR count). The first-order valence-corrected chi connectivity index (χ1v) is 5.93. The molecule has 4 aromatic rings. The molecule has 4 aromatic heterocycles. The third-order valence-electron chi connectivity index (χ3n) is 3.14. The van der Waals surface area contributed by atoms with Crippen LogP contribution in [0.5, 0.6) is 0 Å². The van der Waals surface area contributed by atoms with Crippen LogP contribution < -0.4 is 0 Å². The van der Waals surface area contributed by atoms with Crippen molar-refractivity contribution in [1.29, 1.82) is 0 Å². The number of carbonyl (C=O) groups is 1. The molecule has 0 amide bonds. The van der Waals surface area contributed by atoms with Gasteiger partial charge in [0.05, 0.1) is 34.5 Å². The summed E-state index contributed by atoms with van der Waals surface area (Å²) in [4.78, 5) is 28.7. The fraction of sp³-hybridized carbons (Fsp3) is 0. The first kappa shape index (κ1) is 10.8. The molecule has 4 heterocycles. The summed E-state index contributed by atoms with van der Waals surface area (Å²) in [5.74, 6) is 0. The van der Waals surface area contributed by atoms with Gasteiger partial charge >= 0.3 is 6.03 Å². The third-order valence-corrected chi connectivity index (χ3v) is 3.14. The van der Waals surface area contributed by atoms with E-state index in [1.807, 2.05) is 0 Å². The van der Waals surface area contributed by atoms with Gasteiger partial charge in [-0.3, -0.25) is 9.13 Å². The van der Waals surface area contributed by atoms with Crippen molar-refractivity contribution < 1.29 is 4.79 Å². The summed E-state index contributed by atoms with van der Waals surface area (Å²) in [5, 5.41) is 0. The number of rotatable bonds is 0. The molecule has 0 N–H and O–H groups in total. The molecule has 0 saturated carbocycles. The summed E-state index contributed by atoms with van der Waals surface area (Å²) in [5.41, 5.74) is 2.77. The molecule has 0 bridgehead atoms. The van der Waals surface area contributed by atoms with Gasteiger partial charge in [0.15, 0.2) is 0 Å². The van der Waals surface area contributed by atoms with E-state index >= 15 is 0 Å². The Hall–Kier alpha value is -3.09. The Bertz CT molecular complexity index is 862. The Kier molecular flexibility index (Phi) is 2.13. The van der Waals surface area contributed by atoms with Crippen molar-refractivity contribution in [2.24, 2.45) is 0 Å². The van der Waals surface area contributed by atoms with Gasteiger partial charge in [-0.15, -0.1) is 0 Å². The maximum Gasteiger partial charge on any atom is 0.337 e. The summed E-state index contributed by atoms with van der Waals surface area (Å²) in [6.45, 7) is 0. The number of hydrogen-bond donors (Lipinski definition) is 0. The van der Waals surface area contributed by atoms with E-state index in [2.05, 4.69) is 19.9 Å². The van der Waals surface area contributed by atoms with Crippen LogP contribution in [0.1, 0.15) is 0 Å². The summed E-state index contributed by atoms with van der Waals surface area (Å²) in [6, 6.07) is 3.33. The van der Waals surface area contributed by atoms with Crippen molar-refractivity contribution in [3.63, 3.8) is 0 Å². The summed E-state index contributed by atoms with van der Waals surface area (Å²) >= 11 is 0. The van der Waals surface area contributed by atoms with Gasteiger partial charge in [-0.1, -0.05) is 0 Å². The number of nitrogens with zero attached hydrogens (tertiary/aromatic N) is 6. The Labute approximate surface area is 112 Å². The smallest absolute Gasteiger partial charge is 0.265 e. The molecule has 0 fully saturated rings. The Balaban J connectivity index is 1.92. The summed E-state index contributed by atoms with van der Waals surface area (Å²) in [7, 11) is 0. The largest absolute Gasteiger partial charge is 0.337 e. The van der Waals surface area contributed by atoms with Crippen LogP contribution in [0.15, 0.2) is 49.6 Å². The molecule has 7 heteroatoms. The van der Waals surface area contributed by atoms with Crippen LogP contribution in [-0.4, -0.2) is 35.1 Å². The van der Waals surface area contributed by atoms with E-state index in [1.54, 1.807) is 36.9 Å². The minimum atomic E-state index is -0.223. The Morgan fingerprint density at radius 1 is 0.850 bits per heavy atom. The zero-order valence-electron chi connectivity index (χ0n) is 10.2. The van der Waals surface area contributed by atoms with Gasteiger partial charge in [-0.2, -0.15) is 0 Å². The molecule has 0 aliphatic rings. The van der Waals surface area contributed by atoms with E-state index in [1.165, 1.54) is 21.8 Å². The number of carbonyl (C=O) groups excluding carboxylic acids is 1. The molecule has 0 aliphatic heterocycles. The molecule has 0 aromatic carbocycles. The molecule has 0 aliphatic carbocycles. The third kappa shape index (κ3) is 1.43. The van der Waals surface area contributed by atoms with Crippen LogP contribution in [0.2, 0.25) is 0 Å². The highest BCUT2D eigenvalue weighted by Crippen LogP contribution is 2.16. The van der Waals surface area contributed by atoms with Crippen molar-refractivity contribution in [2.45, 2.75) is 0 Å². The van der Waals surface area contributed by atoms with Crippen molar-refractivity contribution in [3.05, 3.63) is 49.6 Å². The highest BCUT2D eigenvalue weighted by atomic mass is 16.2. The number of fused-ring (bicyclic) bond motifs is 2. The van der Waals surface area contributed by atoms with Crippen LogP contribution in [0.25, 0.3) is 22.1 Å². The van der Waals surface area contributed by atoms with Crippen LogP contribution in [0, 0.1) is 0 Å². The minimum absolute atomic E-state index is 0.223. The Morgan fingerprint density at radius 2 is 1.35 bits per heavy atom. The average molecular weight is 264 g/mol. The maximum atomic E-state index is 12.6. The Morgan fingerprint density at radius 3 is 1.85 bits per heavy atom. The van der Waals surface area contributed by atoms with E-state index < -0.39 is 0 Å². The first-order valence-electron chi connectivity index (χ1n) is 5.93. The second-order valence-electron chi connectivity index (χ2n) is 4.24. The molecule has 0 radical (unpaired) electrons. The van der Waals surface area contributed by atoms with Crippen molar-refractivity contribution >= 4 is 28.1 Å². The topological polar surface area (TPSA) is 78.5 Å². The summed E-state index contributed by atoms with van der Waals surface area (Å²) in [6.07, 6.45) is 9.49. The van der Waals surface area contributed by atoms with Gasteiger partial charge in [-0.25, -0.2) is 24.7 Å². The van der Waals surface area contributed by atoms with Gasteiger partial charge in [0.25, 0.3) is 0 Å². The van der Waals surface area contributed by atoms with Crippen LogP contribution in [0.3, 0.4) is 0 Å². The quantitative estimate of drug-likeness (QED) is 0.483. The molecule has 96 valence electrons. The molecule has 0 atom stereocenters. The molecule has 20 heavy (non-hydrogen) atoms. The minimum Gasteiger partial charge on any atom is -0.265 e. The highest BCUT2D eigenvalue weighted by Gasteiger charge is 2.14. The second-order valence-corrected chi connectivity index (χ2v) is 4.24. The lowest BCUT2D eigenvalue weighted by Gasteiger charge is -2.05. The van der Waals surface area contributed by atoms with Crippen molar-refractivity contribution in [3.8, 4) is 0 Å². The zero-order chi connectivity index (χ0) is 13.5.